The molecular formula is C16H11Cl2NO3S. The number of rotatable bonds is 2. The van der Waals surface area contributed by atoms with Gasteiger partial charge in [0.2, 0.25) is 5.91 Å². The van der Waals surface area contributed by atoms with Crippen LogP contribution in [0.3, 0.4) is 0 Å². The summed E-state index contributed by atoms with van der Waals surface area (Å²) < 4.78 is 12.3. The van der Waals surface area contributed by atoms with E-state index in [1.165, 1.54) is 12.1 Å². The molecule has 4 nitrogen and oxygen atoms in total. The van der Waals surface area contributed by atoms with Crippen LogP contribution in [-0.2, 0) is 20.4 Å². The lowest BCUT2D eigenvalue weighted by Crippen LogP contribution is -2.49. The molecule has 2 atom stereocenters. The molecule has 1 aliphatic heterocycles. The number of halogens is 2. The van der Waals surface area contributed by atoms with E-state index in [9.17, 15) is 13.8 Å². The predicted octanol–water partition coefficient (Wildman–Crippen LogP) is 3.36. The zero-order chi connectivity index (χ0) is 16.6. The smallest absolute Gasteiger partial charge is 0.254 e. The Bertz CT molecular complexity index is 810. The highest BCUT2D eigenvalue weighted by Gasteiger charge is 2.41. The van der Waals surface area contributed by atoms with E-state index in [-0.39, 0.29) is 10.8 Å². The monoisotopic (exact) mass is 367 g/mol. The average Bonchev–Trinajstić information content (AvgIpc) is 2.51. The maximum atomic E-state index is 12.8. The minimum absolute atomic E-state index is 0.217. The molecule has 0 aliphatic carbocycles. The molecule has 0 spiro atoms. The Morgan fingerprint density at radius 2 is 1.70 bits per heavy atom. The van der Waals surface area contributed by atoms with Crippen molar-refractivity contribution in [1.82, 2.24) is 0 Å². The van der Waals surface area contributed by atoms with Crippen LogP contribution in [0.5, 0.6) is 0 Å². The maximum Gasteiger partial charge on any atom is 0.254 e. The fourth-order valence-corrected chi connectivity index (χ4v) is 4.06. The van der Waals surface area contributed by atoms with E-state index in [4.69, 9.17) is 23.2 Å². The molecule has 0 saturated carbocycles. The van der Waals surface area contributed by atoms with Crippen LogP contribution in [0.25, 0.3) is 0 Å². The van der Waals surface area contributed by atoms with Gasteiger partial charge >= 0.3 is 0 Å². The van der Waals surface area contributed by atoms with Crippen molar-refractivity contribution in [3.63, 3.8) is 0 Å². The fourth-order valence-electron chi connectivity index (χ4n) is 2.44. The van der Waals surface area contributed by atoms with Gasteiger partial charge in [0.15, 0.2) is 0 Å². The number of carbonyl (C=O) groups excluding carboxylic acids is 2. The van der Waals surface area contributed by atoms with Gasteiger partial charge in [0.1, 0.15) is 11.0 Å². The number of amides is 2. The lowest BCUT2D eigenvalue weighted by atomic mass is 10.1. The summed E-state index contributed by atoms with van der Waals surface area (Å²) in [4.78, 5) is 26.0. The zero-order valence-corrected chi connectivity index (χ0v) is 14.1. The van der Waals surface area contributed by atoms with Crippen LogP contribution >= 0.6 is 23.2 Å². The summed E-state index contributed by atoms with van der Waals surface area (Å²) in [6.07, 6.45) is 0. The first kappa shape index (κ1) is 16.2. The second-order valence-corrected chi connectivity index (χ2v) is 7.32. The molecular weight excluding hydrogens is 357 g/mol. The van der Waals surface area contributed by atoms with Gasteiger partial charge in [0.05, 0.1) is 15.7 Å². The Labute approximate surface area is 145 Å². The molecule has 3 rings (SSSR count). The van der Waals surface area contributed by atoms with Crippen molar-refractivity contribution < 1.29 is 13.8 Å². The van der Waals surface area contributed by atoms with Gasteiger partial charge in [-0.15, -0.1) is 0 Å². The SMILES string of the molecule is O=C1C[S@@](=O)[C@H](c2ccccc2)C(=O)N1c1ccc(Cl)c(Cl)c1. The fraction of sp³-hybridized carbons (Fsp3) is 0.125. The van der Waals surface area contributed by atoms with Crippen LogP contribution in [0.15, 0.2) is 48.5 Å². The Balaban J connectivity index is 2.03. The van der Waals surface area contributed by atoms with E-state index in [1.54, 1.807) is 30.3 Å². The van der Waals surface area contributed by atoms with Crippen molar-refractivity contribution >= 4 is 51.5 Å². The molecule has 0 radical (unpaired) electrons. The third-order valence-electron chi connectivity index (χ3n) is 3.49. The topological polar surface area (TPSA) is 54.5 Å². The molecule has 2 amide bonds. The average molecular weight is 368 g/mol. The second kappa shape index (κ2) is 6.43. The number of benzene rings is 2. The third kappa shape index (κ3) is 3.04. The summed E-state index contributed by atoms with van der Waals surface area (Å²) >= 11 is 11.8. The van der Waals surface area contributed by atoms with Crippen molar-refractivity contribution in [1.29, 1.82) is 0 Å². The van der Waals surface area contributed by atoms with Gasteiger partial charge in [0.25, 0.3) is 5.91 Å². The molecule has 2 aromatic rings. The summed E-state index contributed by atoms with van der Waals surface area (Å²) in [5.74, 6) is -1.26. The molecule has 2 aromatic carbocycles. The first-order chi connectivity index (χ1) is 11.0. The van der Waals surface area contributed by atoms with Crippen LogP contribution in [0, 0.1) is 0 Å². The highest BCUT2D eigenvalue weighted by Crippen LogP contribution is 2.33. The van der Waals surface area contributed by atoms with Crippen LogP contribution in [0.1, 0.15) is 10.8 Å². The number of nitrogens with zero attached hydrogens (tertiary/aromatic N) is 1. The predicted molar refractivity (Wildman–Crippen MR) is 91.1 cm³/mol. The second-order valence-electron chi connectivity index (χ2n) is 4.98. The Hall–Kier alpha value is -1.69. The van der Waals surface area contributed by atoms with E-state index in [0.29, 0.717) is 16.3 Å². The number of imide groups is 1. The van der Waals surface area contributed by atoms with Crippen LogP contribution in [0.4, 0.5) is 5.69 Å². The summed E-state index contributed by atoms with van der Waals surface area (Å²) in [5, 5.41) is -0.299. The van der Waals surface area contributed by atoms with Gasteiger partial charge in [-0.1, -0.05) is 53.5 Å². The van der Waals surface area contributed by atoms with Gasteiger partial charge in [-0.25, -0.2) is 4.90 Å². The number of carbonyl (C=O) groups is 2. The van der Waals surface area contributed by atoms with Crippen LogP contribution in [0.2, 0.25) is 10.0 Å². The molecule has 0 bridgehead atoms. The number of hydrogen-bond acceptors (Lipinski definition) is 3. The largest absolute Gasteiger partial charge is 0.273 e. The zero-order valence-electron chi connectivity index (χ0n) is 11.7. The van der Waals surface area contributed by atoms with Crippen LogP contribution < -0.4 is 4.90 Å². The molecule has 7 heteroatoms. The Morgan fingerprint density at radius 1 is 1.00 bits per heavy atom. The molecule has 118 valence electrons. The summed E-state index contributed by atoms with van der Waals surface area (Å²) in [6, 6.07) is 13.3. The highest BCUT2D eigenvalue weighted by atomic mass is 35.5. The van der Waals surface area contributed by atoms with Gasteiger partial charge in [0, 0.05) is 10.8 Å². The van der Waals surface area contributed by atoms with E-state index in [2.05, 4.69) is 0 Å². The maximum absolute atomic E-state index is 12.8. The standard InChI is InChI=1S/C16H11Cl2NO3S/c17-12-7-6-11(8-13(12)18)19-14(20)9-23(22)15(16(19)21)10-4-2-1-3-5-10/h1-8,15H,9H2/t15-,23-/m1/s1. The van der Waals surface area contributed by atoms with E-state index in [1.807, 2.05) is 6.07 Å². The molecule has 0 N–H and O–H groups in total. The molecule has 1 aliphatic rings. The molecule has 23 heavy (non-hydrogen) atoms. The summed E-state index contributed by atoms with van der Waals surface area (Å²) in [5.41, 5.74) is 0.945. The van der Waals surface area contributed by atoms with E-state index >= 15 is 0 Å². The van der Waals surface area contributed by atoms with Gasteiger partial charge in [-0.05, 0) is 23.8 Å². The van der Waals surface area contributed by atoms with E-state index in [0.717, 1.165) is 4.90 Å². The molecule has 0 unspecified atom stereocenters. The normalized spacial score (nSPS) is 21.6. The van der Waals surface area contributed by atoms with Crippen LogP contribution in [-0.4, -0.2) is 21.8 Å². The minimum atomic E-state index is -1.59. The Morgan fingerprint density at radius 3 is 2.35 bits per heavy atom. The quantitative estimate of drug-likeness (QED) is 0.764. The first-order valence-electron chi connectivity index (χ1n) is 6.73. The number of anilines is 1. The van der Waals surface area contributed by atoms with Crippen molar-refractivity contribution in [3.05, 3.63) is 64.1 Å². The first-order valence-corrected chi connectivity index (χ1v) is 8.87. The minimum Gasteiger partial charge on any atom is -0.273 e. The van der Waals surface area contributed by atoms with Gasteiger partial charge in [-0.2, -0.15) is 0 Å². The molecule has 1 heterocycles. The van der Waals surface area contributed by atoms with Crippen molar-refractivity contribution in [3.8, 4) is 0 Å². The number of hydrogen-bond donors (Lipinski definition) is 0. The lowest BCUT2D eigenvalue weighted by Gasteiger charge is -2.30. The molecule has 1 fully saturated rings. The summed E-state index contributed by atoms with van der Waals surface area (Å²) in [6.45, 7) is 0. The third-order valence-corrected chi connectivity index (χ3v) is 5.76. The Kier molecular flexibility index (Phi) is 4.53. The summed E-state index contributed by atoms with van der Waals surface area (Å²) in [7, 11) is -1.59. The lowest BCUT2D eigenvalue weighted by molar-refractivity contribution is -0.125. The van der Waals surface area contributed by atoms with Gasteiger partial charge in [-0.3, -0.25) is 13.8 Å². The van der Waals surface area contributed by atoms with E-state index < -0.39 is 27.9 Å². The van der Waals surface area contributed by atoms with Gasteiger partial charge < -0.3 is 0 Å². The van der Waals surface area contributed by atoms with Crippen molar-refractivity contribution in [2.24, 2.45) is 0 Å². The van der Waals surface area contributed by atoms with Crippen molar-refractivity contribution in [2.45, 2.75) is 5.25 Å². The highest BCUT2D eigenvalue weighted by molar-refractivity contribution is 7.87. The molecule has 0 aromatic heterocycles. The molecule has 1 saturated heterocycles. The van der Waals surface area contributed by atoms with Crippen molar-refractivity contribution in [2.75, 3.05) is 10.7 Å².